The number of hydrogen-bond acceptors (Lipinski definition) is 6. The van der Waals surface area contributed by atoms with Crippen molar-refractivity contribution < 1.29 is 32.6 Å². The van der Waals surface area contributed by atoms with Crippen LogP contribution < -0.4 is 5.56 Å². The van der Waals surface area contributed by atoms with Gasteiger partial charge in [0.05, 0.1) is 0 Å². The Morgan fingerprint density at radius 3 is 1.95 bits per heavy atom. The lowest BCUT2D eigenvalue weighted by atomic mass is 9.86. The Labute approximate surface area is 245 Å². The lowest BCUT2D eigenvalue weighted by molar-refractivity contribution is -0.128. The molecule has 2 aromatic rings. The van der Waals surface area contributed by atoms with Crippen molar-refractivity contribution in [2.24, 2.45) is 0 Å². The van der Waals surface area contributed by atoms with Crippen LogP contribution in [0.4, 0.5) is 18.4 Å². The number of carbonyl (C=O) groups is 3. The van der Waals surface area contributed by atoms with E-state index >= 15 is 0 Å². The van der Waals surface area contributed by atoms with Crippen LogP contribution in [-0.2, 0) is 20.2 Å². The summed E-state index contributed by atoms with van der Waals surface area (Å²) in [7, 11) is 0. The number of ether oxygens (including phenoxy) is 2. The summed E-state index contributed by atoms with van der Waals surface area (Å²) in [5.74, 6) is -4.12. The second-order valence-electron chi connectivity index (χ2n) is 13.3. The topological polar surface area (TPSA) is 94.9 Å². The van der Waals surface area contributed by atoms with Gasteiger partial charge in [0.2, 0.25) is 5.91 Å². The van der Waals surface area contributed by atoms with Crippen molar-refractivity contribution in [2.45, 2.75) is 116 Å². The van der Waals surface area contributed by atoms with Gasteiger partial charge in [-0.15, -0.1) is 0 Å². The fourth-order valence-corrected chi connectivity index (χ4v) is 5.28. The van der Waals surface area contributed by atoms with Gasteiger partial charge in [-0.1, -0.05) is 30.3 Å². The van der Waals surface area contributed by atoms with Crippen LogP contribution in [0.5, 0.6) is 0 Å². The van der Waals surface area contributed by atoms with Crippen molar-refractivity contribution >= 4 is 18.1 Å². The van der Waals surface area contributed by atoms with Crippen molar-refractivity contribution in [3.8, 4) is 0 Å². The number of amides is 2. The number of likely N-dealkylation sites (tertiary alicyclic amines) is 1. The summed E-state index contributed by atoms with van der Waals surface area (Å²) in [6.07, 6.45) is 0.662. The summed E-state index contributed by atoms with van der Waals surface area (Å²) in [5.41, 5.74) is -1.06. The number of halogens is 2. The molecule has 2 heterocycles. The summed E-state index contributed by atoms with van der Waals surface area (Å²) in [6, 6.07) is 8.47. The Morgan fingerprint density at radius 1 is 0.857 bits per heavy atom. The van der Waals surface area contributed by atoms with Gasteiger partial charge in [0.1, 0.15) is 11.2 Å². The molecule has 2 aliphatic rings. The van der Waals surface area contributed by atoms with Crippen LogP contribution in [-0.4, -0.2) is 44.8 Å². The molecule has 1 saturated heterocycles. The minimum atomic E-state index is -3.07. The molecule has 0 N–H and O–H groups in total. The number of aromatic nitrogens is 1. The fraction of sp³-hybridized carbons (Fsp3) is 0.562. The zero-order chi connectivity index (χ0) is 31.2. The predicted molar refractivity (Wildman–Crippen MR) is 153 cm³/mol. The first-order valence-corrected chi connectivity index (χ1v) is 14.4. The monoisotopic (exact) mass is 586 g/mol. The van der Waals surface area contributed by atoms with Crippen LogP contribution in [0.1, 0.15) is 115 Å². The Balaban J connectivity index is 1.84. The van der Waals surface area contributed by atoms with Gasteiger partial charge in [-0.05, 0) is 84.8 Å². The molecule has 42 heavy (non-hydrogen) atoms. The van der Waals surface area contributed by atoms with E-state index in [1.807, 2.05) is 0 Å². The van der Waals surface area contributed by atoms with E-state index in [9.17, 15) is 28.0 Å². The molecule has 2 amide bonds. The van der Waals surface area contributed by atoms with Gasteiger partial charge in [-0.3, -0.25) is 9.59 Å². The number of carbonyl (C=O) groups excluding carboxylic acids is 3. The molecule has 228 valence electrons. The van der Waals surface area contributed by atoms with E-state index in [4.69, 9.17) is 9.47 Å². The van der Waals surface area contributed by atoms with Crippen molar-refractivity contribution in [3.63, 3.8) is 0 Å². The van der Waals surface area contributed by atoms with Gasteiger partial charge in [-0.25, -0.2) is 27.8 Å². The van der Waals surface area contributed by atoms with Crippen molar-refractivity contribution in [2.75, 3.05) is 0 Å². The summed E-state index contributed by atoms with van der Waals surface area (Å²) in [4.78, 5) is 54.3. The third-order valence-electron chi connectivity index (χ3n) is 7.34. The van der Waals surface area contributed by atoms with Crippen LogP contribution in [0, 0.1) is 0 Å². The molecule has 1 aliphatic heterocycles. The molecule has 10 heteroatoms. The van der Waals surface area contributed by atoms with E-state index in [1.165, 1.54) is 24.3 Å². The van der Waals surface area contributed by atoms with E-state index in [1.54, 1.807) is 53.7 Å². The highest BCUT2D eigenvalue weighted by Crippen LogP contribution is 2.40. The third kappa shape index (κ3) is 7.25. The Hall–Kier alpha value is -3.56. The van der Waals surface area contributed by atoms with Crippen molar-refractivity contribution in [1.82, 2.24) is 9.47 Å². The summed E-state index contributed by atoms with van der Waals surface area (Å²) in [6.45, 7) is 11.0. The molecule has 0 spiro atoms. The van der Waals surface area contributed by atoms with Crippen LogP contribution in [0.3, 0.4) is 0 Å². The van der Waals surface area contributed by atoms with Crippen LogP contribution in [0.15, 0.2) is 41.2 Å². The Morgan fingerprint density at radius 2 is 1.43 bits per heavy atom. The standard InChI is InChI=1S/C32H40F2N2O6/c1-30(2,3)41-28(39)35-22(14-17-26(35)37)18-24(20-10-12-21(13-11-20)32(7,33)34)25-16-15-23(19-8-9-19)27(38)36(25)29(40)42-31(4,5)6/h10-13,15-16,19,22,24H,8-9,14,17-18H2,1-7H3/t22-,24-/m1/s1. The second kappa shape index (κ2) is 11.3. The second-order valence-corrected chi connectivity index (χ2v) is 13.3. The van der Waals surface area contributed by atoms with E-state index in [-0.39, 0.29) is 35.9 Å². The maximum absolute atomic E-state index is 14.1. The molecule has 2 fully saturated rings. The molecule has 0 bridgehead atoms. The van der Waals surface area contributed by atoms with Gasteiger partial charge < -0.3 is 9.47 Å². The number of benzene rings is 1. The molecule has 0 unspecified atom stereocenters. The van der Waals surface area contributed by atoms with Crippen LogP contribution >= 0.6 is 0 Å². The fourth-order valence-electron chi connectivity index (χ4n) is 5.28. The summed E-state index contributed by atoms with van der Waals surface area (Å²) in [5, 5.41) is 0. The van der Waals surface area contributed by atoms with Crippen molar-refractivity contribution in [1.29, 1.82) is 0 Å². The zero-order valence-corrected chi connectivity index (χ0v) is 25.3. The third-order valence-corrected chi connectivity index (χ3v) is 7.34. The highest BCUT2D eigenvalue weighted by atomic mass is 19.3. The average molecular weight is 587 g/mol. The quantitative estimate of drug-likeness (QED) is 0.359. The van der Waals surface area contributed by atoms with E-state index in [0.29, 0.717) is 17.5 Å². The molecule has 1 aromatic heterocycles. The molecule has 1 aliphatic carbocycles. The number of rotatable bonds is 6. The lowest BCUT2D eigenvalue weighted by Gasteiger charge is -2.31. The van der Waals surface area contributed by atoms with E-state index < -0.39 is 46.8 Å². The summed E-state index contributed by atoms with van der Waals surface area (Å²) >= 11 is 0. The number of hydrogen-bond donors (Lipinski definition) is 0. The Kier molecular flexibility index (Phi) is 8.41. The maximum Gasteiger partial charge on any atom is 0.421 e. The number of nitrogens with zero attached hydrogens (tertiary/aromatic N) is 2. The molecule has 1 aromatic carbocycles. The van der Waals surface area contributed by atoms with E-state index in [2.05, 4.69) is 0 Å². The van der Waals surface area contributed by atoms with E-state index in [0.717, 1.165) is 29.2 Å². The van der Waals surface area contributed by atoms with Crippen molar-refractivity contribution in [3.05, 3.63) is 69.1 Å². The van der Waals surface area contributed by atoms with Crippen LogP contribution in [0.2, 0.25) is 0 Å². The van der Waals surface area contributed by atoms with Gasteiger partial charge in [-0.2, -0.15) is 0 Å². The number of pyridine rings is 1. The van der Waals surface area contributed by atoms with Gasteiger partial charge in [0.25, 0.3) is 11.5 Å². The zero-order valence-electron chi connectivity index (χ0n) is 25.3. The minimum absolute atomic E-state index is 0.0554. The first-order chi connectivity index (χ1) is 19.4. The molecule has 8 nitrogen and oxygen atoms in total. The average Bonchev–Trinajstić information content (AvgIpc) is 3.61. The highest BCUT2D eigenvalue weighted by molar-refractivity contribution is 5.94. The van der Waals surface area contributed by atoms with Gasteiger partial charge in [0.15, 0.2) is 0 Å². The highest BCUT2D eigenvalue weighted by Gasteiger charge is 2.41. The SMILES string of the molecule is CC(C)(C)OC(=O)N1C(=O)CC[C@@H]1C[C@H](c1ccc(C(C)(F)F)cc1)c1ccc(C2CC2)c(=O)n1C(=O)OC(C)(C)C. The largest absolute Gasteiger partial charge is 0.443 e. The molecule has 1 saturated carbocycles. The normalized spacial score (nSPS) is 18.6. The maximum atomic E-state index is 14.1. The first kappa shape index (κ1) is 31.4. The van der Waals surface area contributed by atoms with Gasteiger partial charge in [0, 0.05) is 42.1 Å². The lowest BCUT2D eigenvalue weighted by Crippen LogP contribution is -2.43. The van der Waals surface area contributed by atoms with Gasteiger partial charge >= 0.3 is 12.2 Å². The minimum Gasteiger partial charge on any atom is -0.443 e. The predicted octanol–water partition coefficient (Wildman–Crippen LogP) is 7.07. The molecule has 0 radical (unpaired) electrons. The smallest absolute Gasteiger partial charge is 0.421 e. The molecule has 4 rings (SSSR count). The number of alkyl halides is 2. The summed E-state index contributed by atoms with van der Waals surface area (Å²) < 4.78 is 40.3. The molecular formula is C32H40F2N2O6. The Bertz CT molecular complexity index is 1410. The van der Waals surface area contributed by atoms with Crippen LogP contribution in [0.25, 0.3) is 0 Å². The first-order valence-electron chi connectivity index (χ1n) is 14.4. The molecule has 2 atom stereocenters. The number of imide groups is 1. The molecular weight excluding hydrogens is 546 g/mol.